The number of hydrogen-bond acceptors (Lipinski definition) is 2. The molecule has 0 amide bonds. The molecule has 0 bridgehead atoms. The Labute approximate surface area is 130 Å². The fraction of sp³-hybridized carbons (Fsp3) is 0.188. The molecule has 1 heterocycles. The number of rotatable bonds is 2. The van der Waals surface area contributed by atoms with Crippen molar-refractivity contribution in [2.75, 3.05) is 6.61 Å². The Bertz CT molecular complexity index is 710. The summed E-state index contributed by atoms with van der Waals surface area (Å²) in [7, 11) is 0. The number of benzene rings is 2. The molecule has 1 aliphatic rings. The molecule has 20 heavy (non-hydrogen) atoms. The third-order valence-corrected chi connectivity index (χ3v) is 4.24. The van der Waals surface area contributed by atoms with Gasteiger partial charge >= 0.3 is 0 Å². The molecular weight excluding hydrogens is 340 g/mol. The van der Waals surface area contributed by atoms with E-state index < -0.39 is 0 Å². The summed E-state index contributed by atoms with van der Waals surface area (Å²) in [5.41, 5.74) is 3.26. The normalized spacial score (nSPS) is 12.9. The monoisotopic (exact) mass is 350 g/mol. The standard InChI is InChI=1S/C16H12BrClO2/c1-9-2-3-12(14(17)6-9)15(19)13-8-11(18)7-10-4-5-20-16(10)13/h2-3,6-8H,4-5H2,1H3. The van der Waals surface area contributed by atoms with E-state index >= 15 is 0 Å². The van der Waals surface area contributed by atoms with Gasteiger partial charge in [0.05, 0.1) is 12.2 Å². The second kappa shape index (κ2) is 5.23. The molecule has 0 saturated heterocycles. The highest BCUT2D eigenvalue weighted by atomic mass is 79.9. The predicted molar refractivity (Wildman–Crippen MR) is 83.0 cm³/mol. The van der Waals surface area contributed by atoms with Gasteiger partial charge in [0.25, 0.3) is 0 Å². The van der Waals surface area contributed by atoms with E-state index in [2.05, 4.69) is 15.9 Å². The van der Waals surface area contributed by atoms with Gasteiger partial charge in [-0.15, -0.1) is 0 Å². The minimum atomic E-state index is -0.0717. The summed E-state index contributed by atoms with van der Waals surface area (Å²) in [4.78, 5) is 12.7. The Morgan fingerprint density at radius 1 is 1.25 bits per heavy atom. The molecule has 0 fully saturated rings. The molecule has 2 nitrogen and oxygen atoms in total. The third kappa shape index (κ3) is 2.36. The van der Waals surface area contributed by atoms with Gasteiger partial charge in [0.2, 0.25) is 0 Å². The molecule has 4 heteroatoms. The number of ether oxygens (including phenoxy) is 1. The van der Waals surface area contributed by atoms with E-state index in [1.165, 1.54) is 0 Å². The number of halogens is 2. The van der Waals surface area contributed by atoms with Crippen LogP contribution in [0.25, 0.3) is 0 Å². The van der Waals surface area contributed by atoms with Gasteiger partial charge in [0.1, 0.15) is 5.75 Å². The van der Waals surface area contributed by atoms with Crippen LogP contribution >= 0.6 is 27.5 Å². The Morgan fingerprint density at radius 2 is 2.05 bits per heavy atom. The number of fused-ring (bicyclic) bond motifs is 1. The highest BCUT2D eigenvalue weighted by Crippen LogP contribution is 2.35. The van der Waals surface area contributed by atoms with Crippen molar-refractivity contribution < 1.29 is 9.53 Å². The van der Waals surface area contributed by atoms with E-state index in [-0.39, 0.29) is 5.78 Å². The van der Waals surface area contributed by atoms with Crippen LogP contribution in [0.2, 0.25) is 5.02 Å². The lowest BCUT2D eigenvalue weighted by molar-refractivity contribution is 0.103. The summed E-state index contributed by atoms with van der Waals surface area (Å²) in [5, 5.41) is 0.570. The molecule has 0 unspecified atom stereocenters. The molecule has 2 aromatic rings. The van der Waals surface area contributed by atoms with E-state index in [9.17, 15) is 4.79 Å². The summed E-state index contributed by atoms with van der Waals surface area (Å²) >= 11 is 9.56. The molecule has 3 rings (SSSR count). The first-order chi connectivity index (χ1) is 9.56. The molecule has 1 aliphatic heterocycles. The molecule has 0 aliphatic carbocycles. The van der Waals surface area contributed by atoms with E-state index in [4.69, 9.17) is 16.3 Å². The van der Waals surface area contributed by atoms with Crippen molar-refractivity contribution in [2.24, 2.45) is 0 Å². The highest BCUT2D eigenvalue weighted by molar-refractivity contribution is 9.10. The minimum Gasteiger partial charge on any atom is -0.492 e. The van der Waals surface area contributed by atoms with Gasteiger partial charge in [0, 0.05) is 21.5 Å². The lowest BCUT2D eigenvalue weighted by atomic mass is 9.99. The van der Waals surface area contributed by atoms with Crippen molar-refractivity contribution in [3.05, 3.63) is 62.1 Å². The average molecular weight is 352 g/mol. The molecule has 0 spiro atoms. The average Bonchev–Trinajstić information content (AvgIpc) is 2.85. The zero-order valence-corrected chi connectivity index (χ0v) is 13.2. The van der Waals surface area contributed by atoms with Crippen molar-refractivity contribution >= 4 is 33.3 Å². The number of carbonyl (C=O) groups is 1. The summed E-state index contributed by atoms with van der Waals surface area (Å²) in [6.45, 7) is 2.59. The smallest absolute Gasteiger partial charge is 0.197 e. The van der Waals surface area contributed by atoms with Crippen molar-refractivity contribution in [3.8, 4) is 5.75 Å². The van der Waals surface area contributed by atoms with Gasteiger partial charge in [-0.05, 0) is 42.3 Å². The Hall–Kier alpha value is -1.32. The van der Waals surface area contributed by atoms with Crippen LogP contribution in [-0.2, 0) is 6.42 Å². The van der Waals surface area contributed by atoms with E-state index in [1.54, 1.807) is 6.07 Å². The van der Waals surface area contributed by atoms with Crippen LogP contribution in [0.5, 0.6) is 5.75 Å². The first-order valence-electron chi connectivity index (χ1n) is 6.32. The number of ketones is 1. The molecule has 0 saturated carbocycles. The molecule has 0 aromatic heterocycles. The van der Waals surface area contributed by atoms with Crippen LogP contribution in [0.1, 0.15) is 27.0 Å². The second-order valence-corrected chi connectivity index (χ2v) is 6.14. The van der Waals surface area contributed by atoms with Crippen LogP contribution in [0.3, 0.4) is 0 Å². The van der Waals surface area contributed by atoms with Crippen molar-refractivity contribution in [1.82, 2.24) is 0 Å². The Kier molecular flexibility index (Phi) is 3.57. The van der Waals surface area contributed by atoms with Gasteiger partial charge in [-0.3, -0.25) is 4.79 Å². The summed E-state index contributed by atoms with van der Waals surface area (Å²) in [5.74, 6) is 0.601. The fourth-order valence-electron chi connectivity index (χ4n) is 2.39. The van der Waals surface area contributed by atoms with Crippen LogP contribution < -0.4 is 4.74 Å². The van der Waals surface area contributed by atoms with Crippen molar-refractivity contribution in [3.63, 3.8) is 0 Å². The van der Waals surface area contributed by atoms with Crippen LogP contribution in [0.4, 0.5) is 0 Å². The lowest BCUT2D eigenvalue weighted by Gasteiger charge is -2.10. The van der Waals surface area contributed by atoms with Crippen LogP contribution in [0, 0.1) is 6.92 Å². The summed E-state index contributed by atoms with van der Waals surface area (Å²) in [6.07, 6.45) is 0.797. The fourth-order valence-corrected chi connectivity index (χ4v) is 3.30. The zero-order valence-electron chi connectivity index (χ0n) is 10.9. The van der Waals surface area contributed by atoms with E-state index in [1.807, 2.05) is 31.2 Å². The third-order valence-electron chi connectivity index (χ3n) is 3.36. The maximum atomic E-state index is 12.7. The Balaban J connectivity index is 2.11. The predicted octanol–water partition coefficient (Wildman–Crippen LogP) is 4.58. The largest absolute Gasteiger partial charge is 0.492 e. The molecule has 0 N–H and O–H groups in total. The van der Waals surface area contributed by atoms with Crippen molar-refractivity contribution in [2.45, 2.75) is 13.3 Å². The molecule has 0 radical (unpaired) electrons. The molecule has 102 valence electrons. The number of carbonyl (C=O) groups excluding carboxylic acids is 1. The Morgan fingerprint density at radius 3 is 2.80 bits per heavy atom. The molecule has 0 atom stereocenters. The van der Waals surface area contributed by atoms with E-state index in [0.29, 0.717) is 28.5 Å². The summed E-state index contributed by atoms with van der Waals surface area (Å²) in [6, 6.07) is 9.22. The SMILES string of the molecule is Cc1ccc(C(=O)c2cc(Cl)cc3c2OCC3)c(Br)c1. The van der Waals surface area contributed by atoms with Crippen LogP contribution in [-0.4, -0.2) is 12.4 Å². The number of aryl methyl sites for hydroxylation is 1. The first-order valence-corrected chi connectivity index (χ1v) is 7.49. The minimum absolute atomic E-state index is 0.0717. The maximum Gasteiger partial charge on any atom is 0.197 e. The summed E-state index contributed by atoms with van der Waals surface area (Å²) < 4.78 is 6.38. The van der Waals surface area contributed by atoms with Gasteiger partial charge in [0.15, 0.2) is 5.78 Å². The number of hydrogen-bond donors (Lipinski definition) is 0. The van der Waals surface area contributed by atoms with Crippen molar-refractivity contribution in [1.29, 1.82) is 0 Å². The molecular formula is C16H12BrClO2. The second-order valence-electron chi connectivity index (χ2n) is 4.85. The van der Waals surface area contributed by atoms with E-state index in [0.717, 1.165) is 22.0 Å². The highest BCUT2D eigenvalue weighted by Gasteiger charge is 2.23. The van der Waals surface area contributed by atoms with Crippen LogP contribution in [0.15, 0.2) is 34.8 Å². The topological polar surface area (TPSA) is 26.3 Å². The van der Waals surface area contributed by atoms with Gasteiger partial charge < -0.3 is 4.74 Å². The lowest BCUT2D eigenvalue weighted by Crippen LogP contribution is -2.05. The van der Waals surface area contributed by atoms with Gasteiger partial charge in [-0.1, -0.05) is 33.6 Å². The molecule has 2 aromatic carbocycles. The zero-order chi connectivity index (χ0) is 14.3. The maximum absolute atomic E-state index is 12.7. The quantitative estimate of drug-likeness (QED) is 0.741. The van der Waals surface area contributed by atoms with Gasteiger partial charge in [-0.2, -0.15) is 0 Å². The van der Waals surface area contributed by atoms with Gasteiger partial charge in [-0.25, -0.2) is 0 Å². The first kappa shape index (κ1) is 13.7.